The molecule has 0 unspecified atom stereocenters. The smallest absolute Gasteiger partial charge is 0 e. The van der Waals surface area contributed by atoms with E-state index in [1.165, 1.54) is 0 Å². The van der Waals surface area contributed by atoms with Gasteiger partial charge in [-0.25, -0.2) is 0 Å². The molecule has 0 spiro atoms. The molecule has 0 saturated heterocycles. The van der Waals surface area contributed by atoms with Crippen LogP contribution in [0.1, 0.15) is 0 Å². The molecule has 0 fully saturated rings. The zero-order chi connectivity index (χ0) is 12.9. The molecule has 0 aliphatic carbocycles. The quantitative estimate of drug-likeness (QED) is 0.425. The summed E-state index contributed by atoms with van der Waals surface area (Å²) in [6, 6.07) is 7.53. The summed E-state index contributed by atoms with van der Waals surface area (Å²) >= 11 is -2.94. The van der Waals surface area contributed by atoms with Crippen molar-refractivity contribution in [2.45, 2.75) is 11.5 Å². The van der Waals surface area contributed by atoms with Crippen LogP contribution in [-0.4, -0.2) is 50.4 Å². The molecule has 0 heterocycles. The zero-order valence-electron chi connectivity index (χ0n) is 10.5. The largest absolute Gasteiger partial charge is 0 e. The van der Waals surface area contributed by atoms with Gasteiger partial charge in [0.2, 0.25) is 0 Å². The van der Waals surface area contributed by atoms with Gasteiger partial charge in [0.05, 0.1) is 0 Å². The molecule has 3 nitrogen and oxygen atoms in total. The average Bonchev–Trinajstić information content (AvgIpc) is 2.79. The molecule has 0 saturated carbocycles. The minimum absolute atomic E-state index is 0. The van der Waals surface area contributed by atoms with Crippen LogP contribution >= 0.6 is 0 Å². The standard InChI is InChI=1S/C7H10FGe.3CH4O.Hf/c1-9(2,8)7-5-3-4-6-7;3*1-2;/h3-6H,1-2H3;3*2H,1H3;/q-1;;;;. The molecule has 1 rings (SSSR count). The summed E-state index contributed by atoms with van der Waals surface area (Å²) in [6.45, 7) is 0. The van der Waals surface area contributed by atoms with Gasteiger partial charge in [0, 0.05) is 47.2 Å². The van der Waals surface area contributed by atoms with E-state index in [0.29, 0.717) is 0 Å². The van der Waals surface area contributed by atoms with Crippen molar-refractivity contribution in [3.05, 3.63) is 24.3 Å². The Morgan fingerprint density at radius 1 is 0.875 bits per heavy atom. The Morgan fingerprint density at radius 2 is 1.12 bits per heavy atom. The number of rotatable bonds is 1. The summed E-state index contributed by atoms with van der Waals surface area (Å²) < 4.78 is 14.1. The SMILES string of the molecule is CO.CO.CO.[CH3][Ge]([CH3])([F])[c-]1cccc1.[Hf]. The molecule has 0 bridgehead atoms. The van der Waals surface area contributed by atoms with Crippen LogP contribution in [0, 0.1) is 0 Å². The third-order valence-electron chi connectivity index (χ3n) is 1.35. The van der Waals surface area contributed by atoms with Crippen molar-refractivity contribution in [2.75, 3.05) is 21.3 Å². The second-order valence-electron chi connectivity index (χ2n) is 2.65. The van der Waals surface area contributed by atoms with Crippen LogP contribution in [0.3, 0.4) is 0 Å². The Labute approximate surface area is 119 Å². The molecule has 0 aromatic heterocycles. The fraction of sp³-hybridized carbons (Fsp3) is 0.500. The van der Waals surface area contributed by atoms with E-state index < -0.39 is 13.7 Å². The molecular weight excluding hydrogens is 438 g/mol. The van der Waals surface area contributed by atoms with Crippen molar-refractivity contribution in [2.24, 2.45) is 0 Å². The van der Waals surface area contributed by atoms with E-state index in [-0.39, 0.29) is 25.8 Å². The van der Waals surface area contributed by atoms with Gasteiger partial charge >= 0.3 is 57.4 Å². The third-order valence-corrected chi connectivity index (χ3v) is 4.93. The summed E-state index contributed by atoms with van der Waals surface area (Å²) in [5.41, 5.74) is 0. The number of aliphatic hydroxyl groups is 3. The topological polar surface area (TPSA) is 60.7 Å². The van der Waals surface area contributed by atoms with Gasteiger partial charge in [-0.15, -0.1) is 0 Å². The van der Waals surface area contributed by atoms with Crippen LogP contribution < -0.4 is 4.40 Å². The number of aliphatic hydroxyl groups excluding tert-OH is 3. The Hall–Kier alpha value is 0.573. The molecule has 6 heteroatoms. The van der Waals surface area contributed by atoms with E-state index in [0.717, 1.165) is 25.7 Å². The molecule has 96 valence electrons. The molecule has 0 aliphatic rings. The van der Waals surface area contributed by atoms with Crippen molar-refractivity contribution < 1.29 is 44.7 Å². The van der Waals surface area contributed by atoms with Gasteiger partial charge in [-0.2, -0.15) is 0 Å². The Kier molecular flexibility index (Phi) is 28.5. The molecular formula is C10H22FGeHfO3-. The Bertz CT molecular complexity index is 188. The van der Waals surface area contributed by atoms with E-state index in [2.05, 4.69) is 0 Å². The first kappa shape index (κ1) is 25.4. The first-order valence-corrected chi connectivity index (χ1v) is 10.4. The molecule has 0 aliphatic heterocycles. The molecule has 0 amide bonds. The van der Waals surface area contributed by atoms with Gasteiger partial charge in [0.1, 0.15) is 0 Å². The van der Waals surface area contributed by atoms with Crippen molar-refractivity contribution in [3.63, 3.8) is 0 Å². The second-order valence-corrected chi connectivity index (χ2v) is 10.0. The monoisotopic (exact) mass is 463 g/mol. The van der Waals surface area contributed by atoms with Gasteiger partial charge in [0.25, 0.3) is 0 Å². The van der Waals surface area contributed by atoms with Gasteiger partial charge < -0.3 is 15.3 Å². The van der Waals surface area contributed by atoms with Crippen LogP contribution in [0.15, 0.2) is 24.3 Å². The number of hydrogen-bond acceptors (Lipinski definition) is 3. The molecule has 0 radical (unpaired) electrons. The van der Waals surface area contributed by atoms with Crippen molar-refractivity contribution in [3.8, 4) is 0 Å². The molecule has 3 N–H and O–H groups in total. The first-order chi connectivity index (χ1) is 7.11. The van der Waals surface area contributed by atoms with Crippen molar-refractivity contribution in [1.29, 1.82) is 0 Å². The normalized spacial score (nSPS) is 7.81. The van der Waals surface area contributed by atoms with Crippen LogP contribution in [-0.2, 0) is 25.8 Å². The zero-order valence-corrected chi connectivity index (χ0v) is 16.2. The van der Waals surface area contributed by atoms with Gasteiger partial charge in [-0.3, -0.25) is 0 Å². The van der Waals surface area contributed by atoms with E-state index in [1.54, 1.807) is 11.5 Å². The first-order valence-electron chi connectivity index (χ1n) is 4.36. The summed E-state index contributed by atoms with van der Waals surface area (Å²) in [4.78, 5) is 0. The minimum atomic E-state index is -2.94. The number of halogens is 1. The maximum Gasteiger partial charge on any atom is 0 e. The van der Waals surface area contributed by atoms with Crippen LogP contribution in [0.5, 0.6) is 0 Å². The van der Waals surface area contributed by atoms with E-state index in [4.69, 9.17) is 15.3 Å². The van der Waals surface area contributed by atoms with Crippen LogP contribution in [0.2, 0.25) is 11.5 Å². The summed E-state index contributed by atoms with van der Waals surface area (Å²) in [6.07, 6.45) is 0. The predicted octanol–water partition coefficient (Wildman–Crippen LogP) is 0.610. The minimum Gasteiger partial charge on any atom is 0 e. The molecule has 1 aromatic rings. The van der Waals surface area contributed by atoms with Gasteiger partial charge in [0.15, 0.2) is 0 Å². The summed E-state index contributed by atoms with van der Waals surface area (Å²) in [5.74, 6) is 3.49. The van der Waals surface area contributed by atoms with Crippen molar-refractivity contribution >= 4 is 18.1 Å². The van der Waals surface area contributed by atoms with E-state index >= 15 is 0 Å². The molecule has 16 heavy (non-hydrogen) atoms. The van der Waals surface area contributed by atoms with E-state index in [9.17, 15) is 3.50 Å². The van der Waals surface area contributed by atoms with E-state index in [1.807, 2.05) is 24.3 Å². The Balaban J connectivity index is -0.0000000900. The summed E-state index contributed by atoms with van der Waals surface area (Å²) in [7, 11) is 3.00. The number of hydrogen-bond donors (Lipinski definition) is 3. The fourth-order valence-electron chi connectivity index (χ4n) is 0.770. The predicted molar refractivity (Wildman–Crippen MR) is 64.7 cm³/mol. The molecule has 1 aromatic carbocycles. The van der Waals surface area contributed by atoms with Gasteiger partial charge in [-0.05, 0) is 0 Å². The second kappa shape index (κ2) is 18.0. The maximum absolute atomic E-state index is 13.1. The fourth-order valence-corrected chi connectivity index (χ4v) is 2.84. The van der Waals surface area contributed by atoms with Crippen LogP contribution in [0.4, 0.5) is 3.50 Å². The van der Waals surface area contributed by atoms with Crippen LogP contribution in [0.25, 0.3) is 0 Å². The maximum atomic E-state index is 13.1. The van der Waals surface area contributed by atoms with Gasteiger partial charge in [-0.1, -0.05) is 0 Å². The molecule has 0 atom stereocenters. The van der Waals surface area contributed by atoms with Crippen molar-refractivity contribution in [1.82, 2.24) is 0 Å². The Morgan fingerprint density at radius 3 is 1.25 bits per heavy atom. The third kappa shape index (κ3) is 14.6. The summed E-state index contributed by atoms with van der Waals surface area (Å²) in [5, 5.41) is 21.0. The average molecular weight is 460 g/mol.